The first-order valence-electron chi connectivity index (χ1n) is 6.76. The molecule has 1 fully saturated rings. The summed E-state index contributed by atoms with van der Waals surface area (Å²) in [6.07, 6.45) is 0. The highest BCUT2D eigenvalue weighted by atomic mass is 31.1. The monoisotopic (exact) mass is 270 g/mol. The topological polar surface area (TPSA) is 24.1 Å². The van der Waals surface area contributed by atoms with Gasteiger partial charge >= 0.3 is 0 Å². The first-order valence-corrected chi connectivity index (χ1v) is 7.92. The Labute approximate surface area is 116 Å². The van der Waals surface area contributed by atoms with Crippen molar-refractivity contribution in [2.75, 3.05) is 13.1 Å². The first kappa shape index (κ1) is 12.8. The van der Waals surface area contributed by atoms with Crippen LogP contribution >= 0.6 is 8.58 Å². The van der Waals surface area contributed by atoms with Crippen molar-refractivity contribution in [3.63, 3.8) is 0 Å². The Hall–Kier alpha value is -1.21. The normalized spacial score (nSPS) is 23.8. The summed E-state index contributed by atoms with van der Waals surface area (Å²) < 4.78 is 0. The smallest absolute Gasteiger partial charge is 0.0511 e. The maximum absolute atomic E-state index is 3.65. The zero-order chi connectivity index (χ0) is 12.9. The van der Waals surface area contributed by atoms with Gasteiger partial charge in [-0.15, -0.1) is 0 Å². The van der Waals surface area contributed by atoms with Crippen molar-refractivity contribution < 1.29 is 0 Å². The largest absolute Gasteiger partial charge is 0.305 e. The Kier molecular flexibility index (Phi) is 4.24. The zero-order valence-corrected chi connectivity index (χ0v) is 11.8. The Bertz CT molecular complexity index is 453. The summed E-state index contributed by atoms with van der Waals surface area (Å²) in [6.45, 7) is 2.05. The molecule has 1 aliphatic rings. The maximum atomic E-state index is 3.65. The van der Waals surface area contributed by atoms with Crippen molar-refractivity contribution in [2.24, 2.45) is 0 Å². The summed E-state index contributed by atoms with van der Waals surface area (Å²) in [5.41, 5.74) is 2.79. The molecule has 19 heavy (non-hydrogen) atoms. The van der Waals surface area contributed by atoms with Crippen LogP contribution in [0.5, 0.6) is 0 Å². The molecular formula is C16H19N2P. The molecule has 0 aliphatic carbocycles. The SMILES string of the molecule is c1ccc([C@H]2NCCN[C@H](c3ccccc3)P2)cc1. The van der Waals surface area contributed by atoms with Gasteiger partial charge in [-0.25, -0.2) is 0 Å². The second kappa shape index (κ2) is 6.29. The fraction of sp³-hybridized carbons (Fsp3) is 0.250. The van der Waals surface area contributed by atoms with Crippen LogP contribution in [0.3, 0.4) is 0 Å². The minimum atomic E-state index is 0.460. The highest BCUT2D eigenvalue weighted by Crippen LogP contribution is 2.43. The van der Waals surface area contributed by atoms with Gasteiger partial charge in [0.1, 0.15) is 0 Å². The van der Waals surface area contributed by atoms with E-state index in [1.807, 2.05) is 0 Å². The highest BCUT2D eigenvalue weighted by Gasteiger charge is 2.21. The van der Waals surface area contributed by atoms with E-state index in [2.05, 4.69) is 71.3 Å². The maximum Gasteiger partial charge on any atom is 0.0511 e. The van der Waals surface area contributed by atoms with E-state index in [9.17, 15) is 0 Å². The van der Waals surface area contributed by atoms with Crippen molar-refractivity contribution in [3.8, 4) is 0 Å². The van der Waals surface area contributed by atoms with Gasteiger partial charge in [0, 0.05) is 13.1 Å². The number of nitrogens with one attached hydrogen (secondary N) is 2. The van der Waals surface area contributed by atoms with Crippen LogP contribution in [-0.2, 0) is 0 Å². The van der Waals surface area contributed by atoms with Gasteiger partial charge in [0.2, 0.25) is 0 Å². The fourth-order valence-corrected chi connectivity index (χ4v) is 4.06. The molecular weight excluding hydrogens is 251 g/mol. The van der Waals surface area contributed by atoms with Crippen LogP contribution in [0.2, 0.25) is 0 Å². The number of hydrogen-bond donors (Lipinski definition) is 2. The predicted molar refractivity (Wildman–Crippen MR) is 82.7 cm³/mol. The standard InChI is InChI=1S/C16H19N2P/c1-3-7-13(8-4-1)15-17-11-12-18-16(19-15)14-9-5-2-6-10-14/h1-10,15-19H,11-12H2/t15-,16-/m0/s1. The van der Waals surface area contributed by atoms with Crippen molar-refractivity contribution in [3.05, 3.63) is 71.8 Å². The third-order valence-electron chi connectivity index (χ3n) is 3.42. The van der Waals surface area contributed by atoms with Gasteiger partial charge in [0.15, 0.2) is 0 Å². The summed E-state index contributed by atoms with van der Waals surface area (Å²) in [6, 6.07) is 21.5. The average Bonchev–Trinajstić information content (AvgIpc) is 2.75. The van der Waals surface area contributed by atoms with E-state index in [-0.39, 0.29) is 0 Å². The molecule has 3 rings (SSSR count). The minimum Gasteiger partial charge on any atom is -0.305 e. The molecule has 1 heterocycles. The minimum absolute atomic E-state index is 0.460. The van der Waals surface area contributed by atoms with Gasteiger partial charge < -0.3 is 10.6 Å². The van der Waals surface area contributed by atoms with E-state index in [1.165, 1.54) is 11.1 Å². The number of rotatable bonds is 2. The van der Waals surface area contributed by atoms with Crippen molar-refractivity contribution in [2.45, 2.75) is 11.6 Å². The van der Waals surface area contributed by atoms with Gasteiger partial charge in [-0.3, -0.25) is 0 Å². The quantitative estimate of drug-likeness (QED) is 0.819. The lowest BCUT2D eigenvalue weighted by Gasteiger charge is -2.21. The summed E-state index contributed by atoms with van der Waals surface area (Å²) in [7, 11) is 0.810. The fourth-order valence-electron chi connectivity index (χ4n) is 2.44. The third-order valence-corrected chi connectivity index (χ3v) is 5.16. The van der Waals surface area contributed by atoms with Crippen LogP contribution in [-0.4, -0.2) is 13.1 Å². The van der Waals surface area contributed by atoms with E-state index >= 15 is 0 Å². The van der Waals surface area contributed by atoms with Gasteiger partial charge in [-0.1, -0.05) is 69.2 Å². The average molecular weight is 270 g/mol. The lowest BCUT2D eigenvalue weighted by Crippen LogP contribution is -2.24. The summed E-state index contributed by atoms with van der Waals surface area (Å²) >= 11 is 0. The highest BCUT2D eigenvalue weighted by molar-refractivity contribution is 7.38. The van der Waals surface area contributed by atoms with Gasteiger partial charge in [-0.05, 0) is 11.1 Å². The predicted octanol–water partition coefficient (Wildman–Crippen LogP) is 3.26. The summed E-state index contributed by atoms with van der Waals surface area (Å²) in [4.78, 5) is 0. The molecule has 2 nitrogen and oxygen atoms in total. The second-order valence-electron chi connectivity index (χ2n) is 4.76. The van der Waals surface area contributed by atoms with E-state index < -0.39 is 0 Å². The van der Waals surface area contributed by atoms with Crippen molar-refractivity contribution in [1.29, 1.82) is 0 Å². The molecule has 3 heteroatoms. The molecule has 0 spiro atoms. The van der Waals surface area contributed by atoms with E-state index in [4.69, 9.17) is 0 Å². The van der Waals surface area contributed by atoms with Crippen LogP contribution < -0.4 is 10.6 Å². The zero-order valence-electron chi connectivity index (χ0n) is 10.8. The molecule has 0 radical (unpaired) electrons. The van der Waals surface area contributed by atoms with E-state index in [0.717, 1.165) is 21.7 Å². The number of benzene rings is 2. The van der Waals surface area contributed by atoms with Crippen molar-refractivity contribution in [1.82, 2.24) is 10.6 Å². The van der Waals surface area contributed by atoms with Crippen LogP contribution in [0.1, 0.15) is 22.7 Å². The summed E-state index contributed by atoms with van der Waals surface area (Å²) in [5, 5.41) is 7.29. The van der Waals surface area contributed by atoms with Gasteiger partial charge in [0.25, 0.3) is 0 Å². The molecule has 2 aromatic carbocycles. The molecule has 1 saturated heterocycles. The molecule has 2 aromatic rings. The van der Waals surface area contributed by atoms with E-state index in [0.29, 0.717) is 11.6 Å². The molecule has 2 N–H and O–H groups in total. The second-order valence-corrected chi connectivity index (χ2v) is 6.25. The van der Waals surface area contributed by atoms with E-state index in [1.54, 1.807) is 0 Å². The lowest BCUT2D eigenvalue weighted by molar-refractivity contribution is 0.629. The number of hydrogen-bond acceptors (Lipinski definition) is 2. The Morgan fingerprint density at radius 3 is 1.53 bits per heavy atom. The molecule has 0 amide bonds. The van der Waals surface area contributed by atoms with Crippen LogP contribution in [0.15, 0.2) is 60.7 Å². The molecule has 2 atom stereocenters. The van der Waals surface area contributed by atoms with Gasteiger partial charge in [0.05, 0.1) is 11.6 Å². The van der Waals surface area contributed by atoms with Crippen LogP contribution in [0.25, 0.3) is 0 Å². The van der Waals surface area contributed by atoms with Crippen LogP contribution in [0, 0.1) is 0 Å². The summed E-state index contributed by atoms with van der Waals surface area (Å²) in [5.74, 6) is 0.919. The third kappa shape index (κ3) is 3.22. The molecule has 0 bridgehead atoms. The molecule has 1 aliphatic heterocycles. The van der Waals surface area contributed by atoms with Crippen LogP contribution in [0.4, 0.5) is 0 Å². The molecule has 0 unspecified atom stereocenters. The molecule has 0 saturated carbocycles. The Morgan fingerprint density at radius 2 is 1.11 bits per heavy atom. The lowest BCUT2D eigenvalue weighted by atomic mass is 10.2. The Morgan fingerprint density at radius 1 is 0.684 bits per heavy atom. The van der Waals surface area contributed by atoms with Gasteiger partial charge in [-0.2, -0.15) is 0 Å². The van der Waals surface area contributed by atoms with Crippen molar-refractivity contribution >= 4 is 8.58 Å². The Balaban J connectivity index is 1.80. The first-order chi connectivity index (χ1) is 9.43. The molecule has 0 aromatic heterocycles. The molecule has 98 valence electrons.